The number of halogens is 1. The second-order valence-electron chi connectivity index (χ2n) is 8.73. The number of pyridine rings is 1. The molecule has 3 rings (SSSR count). The molecule has 1 fully saturated rings. The van der Waals surface area contributed by atoms with Gasteiger partial charge in [0.25, 0.3) is 0 Å². The van der Waals surface area contributed by atoms with E-state index in [1.54, 1.807) is 6.20 Å². The van der Waals surface area contributed by atoms with Crippen LogP contribution in [0.15, 0.2) is 42.6 Å². The first-order valence-corrected chi connectivity index (χ1v) is 10.6. The number of benzene rings is 1. The van der Waals surface area contributed by atoms with E-state index in [2.05, 4.69) is 67.2 Å². The van der Waals surface area contributed by atoms with Crippen molar-refractivity contribution in [2.45, 2.75) is 45.6 Å². The molecule has 156 valence electrons. The summed E-state index contributed by atoms with van der Waals surface area (Å²) in [6.45, 7) is 11.4. The first-order chi connectivity index (χ1) is 13.8. The van der Waals surface area contributed by atoms with Crippen LogP contribution in [-0.2, 0) is 11.8 Å². The van der Waals surface area contributed by atoms with Crippen LogP contribution >= 0.6 is 11.6 Å². The van der Waals surface area contributed by atoms with Gasteiger partial charge in [0.2, 0.25) is 0 Å². The highest BCUT2D eigenvalue weighted by atomic mass is 35.5. The lowest BCUT2D eigenvalue weighted by atomic mass is 9.86. The van der Waals surface area contributed by atoms with Crippen molar-refractivity contribution >= 4 is 23.4 Å². The second-order valence-corrected chi connectivity index (χ2v) is 9.13. The molecule has 0 radical (unpaired) electrons. The van der Waals surface area contributed by atoms with Crippen LogP contribution < -0.4 is 10.2 Å². The Bertz CT molecular complexity index is 832. The molecule has 1 aromatic carbocycles. The maximum Gasteiger partial charge on any atom is 0.317 e. The first-order valence-electron chi connectivity index (χ1n) is 10.2. The van der Waals surface area contributed by atoms with Gasteiger partial charge in [0.05, 0.1) is 5.02 Å². The Morgan fingerprint density at radius 1 is 1.21 bits per heavy atom. The van der Waals surface area contributed by atoms with Gasteiger partial charge in [-0.25, -0.2) is 9.78 Å². The zero-order valence-corrected chi connectivity index (χ0v) is 18.5. The van der Waals surface area contributed by atoms with Crippen molar-refractivity contribution in [3.05, 3.63) is 58.7 Å². The zero-order valence-electron chi connectivity index (χ0n) is 17.8. The van der Waals surface area contributed by atoms with Crippen LogP contribution in [0.1, 0.15) is 38.8 Å². The van der Waals surface area contributed by atoms with Gasteiger partial charge in [0, 0.05) is 38.4 Å². The van der Waals surface area contributed by atoms with Crippen LogP contribution in [0.25, 0.3) is 0 Å². The van der Waals surface area contributed by atoms with Crippen LogP contribution in [0.4, 0.5) is 10.6 Å². The number of hydrogen-bond donors (Lipinski definition) is 1. The maximum atomic E-state index is 12.6. The number of rotatable bonds is 4. The fourth-order valence-corrected chi connectivity index (χ4v) is 3.89. The molecule has 1 N–H and O–H groups in total. The summed E-state index contributed by atoms with van der Waals surface area (Å²) >= 11 is 6.27. The quantitative estimate of drug-likeness (QED) is 0.801. The molecule has 1 aliphatic heterocycles. The fraction of sp³-hybridized carbons (Fsp3) is 0.478. The molecule has 6 heteroatoms. The summed E-state index contributed by atoms with van der Waals surface area (Å²) in [5.74, 6) is 0.791. The third kappa shape index (κ3) is 5.41. The van der Waals surface area contributed by atoms with Crippen molar-refractivity contribution in [3.8, 4) is 0 Å². The van der Waals surface area contributed by atoms with Crippen molar-refractivity contribution in [1.82, 2.24) is 15.2 Å². The van der Waals surface area contributed by atoms with E-state index in [0.717, 1.165) is 25.3 Å². The molecule has 2 amide bonds. The van der Waals surface area contributed by atoms with E-state index in [0.29, 0.717) is 18.1 Å². The van der Waals surface area contributed by atoms with Gasteiger partial charge in [0.1, 0.15) is 5.82 Å². The van der Waals surface area contributed by atoms with Crippen LogP contribution in [0, 0.1) is 0 Å². The highest BCUT2D eigenvalue weighted by molar-refractivity contribution is 6.32. The number of amides is 2. The van der Waals surface area contributed by atoms with Gasteiger partial charge in [0.15, 0.2) is 0 Å². The molecule has 29 heavy (non-hydrogen) atoms. The van der Waals surface area contributed by atoms with Crippen molar-refractivity contribution < 1.29 is 4.79 Å². The lowest BCUT2D eigenvalue weighted by Gasteiger charge is -2.40. The van der Waals surface area contributed by atoms with E-state index < -0.39 is 0 Å². The summed E-state index contributed by atoms with van der Waals surface area (Å²) in [5, 5.41) is 3.72. The Labute approximate surface area is 179 Å². The smallest absolute Gasteiger partial charge is 0.317 e. The number of anilines is 1. The molecule has 0 saturated carbocycles. The Balaban J connectivity index is 1.48. The largest absolute Gasteiger partial charge is 0.352 e. The van der Waals surface area contributed by atoms with Gasteiger partial charge < -0.3 is 15.1 Å². The number of nitrogens with one attached hydrogen (secondary N) is 1. The maximum absolute atomic E-state index is 12.6. The van der Waals surface area contributed by atoms with Gasteiger partial charge >= 0.3 is 6.03 Å². The van der Waals surface area contributed by atoms with E-state index in [4.69, 9.17) is 11.6 Å². The van der Waals surface area contributed by atoms with Crippen molar-refractivity contribution in [2.24, 2.45) is 0 Å². The standard InChI is InChI=1S/C23H31ClN4O/c1-17-16-27(21-20(24)6-5-12-25-21)14-15-28(17)22(29)26-13-11-18-7-9-19(10-8-18)23(2,3)4/h5-10,12,17H,11,13-16H2,1-4H3,(H,26,29)/t17-/m1/s1. The van der Waals surface area contributed by atoms with Gasteiger partial charge in [-0.3, -0.25) is 0 Å². The third-order valence-corrected chi connectivity index (χ3v) is 5.73. The monoisotopic (exact) mass is 414 g/mol. The highest BCUT2D eigenvalue weighted by Gasteiger charge is 2.28. The average molecular weight is 415 g/mol. The zero-order chi connectivity index (χ0) is 21.0. The summed E-state index contributed by atoms with van der Waals surface area (Å²) < 4.78 is 0. The number of urea groups is 1. The predicted molar refractivity (Wildman–Crippen MR) is 120 cm³/mol. The van der Waals surface area contributed by atoms with Crippen molar-refractivity contribution in [3.63, 3.8) is 0 Å². The number of carbonyl (C=O) groups is 1. The summed E-state index contributed by atoms with van der Waals surface area (Å²) in [7, 11) is 0. The minimum atomic E-state index is -0.00409. The molecule has 0 unspecified atom stereocenters. The van der Waals surface area contributed by atoms with E-state index in [1.165, 1.54) is 11.1 Å². The van der Waals surface area contributed by atoms with E-state index >= 15 is 0 Å². The molecule has 1 aromatic heterocycles. The highest BCUT2D eigenvalue weighted by Crippen LogP contribution is 2.25. The molecule has 0 aliphatic carbocycles. The average Bonchev–Trinajstić information content (AvgIpc) is 2.68. The Morgan fingerprint density at radius 3 is 2.55 bits per heavy atom. The molecule has 0 spiro atoms. The molecular formula is C23H31ClN4O. The molecular weight excluding hydrogens is 384 g/mol. The molecule has 1 saturated heterocycles. The lowest BCUT2D eigenvalue weighted by molar-refractivity contribution is 0.171. The van der Waals surface area contributed by atoms with Crippen molar-refractivity contribution in [1.29, 1.82) is 0 Å². The molecule has 2 aromatic rings. The van der Waals surface area contributed by atoms with Gasteiger partial charge in [-0.05, 0) is 42.0 Å². The molecule has 5 nitrogen and oxygen atoms in total. The first kappa shape index (κ1) is 21.4. The van der Waals surface area contributed by atoms with Crippen LogP contribution in [-0.4, -0.2) is 48.1 Å². The topological polar surface area (TPSA) is 48.5 Å². The lowest BCUT2D eigenvalue weighted by Crippen LogP contribution is -2.57. The number of piperazine rings is 1. The summed E-state index contributed by atoms with van der Waals surface area (Å²) in [6, 6.07) is 12.4. The normalized spacial score (nSPS) is 17.3. The minimum absolute atomic E-state index is 0.00409. The van der Waals surface area contributed by atoms with Crippen LogP contribution in [0.3, 0.4) is 0 Å². The molecule has 1 aliphatic rings. The van der Waals surface area contributed by atoms with Gasteiger partial charge in [-0.15, -0.1) is 0 Å². The Morgan fingerprint density at radius 2 is 1.93 bits per heavy atom. The fourth-order valence-electron chi connectivity index (χ4n) is 3.65. The van der Waals surface area contributed by atoms with Crippen molar-refractivity contribution in [2.75, 3.05) is 31.1 Å². The SMILES string of the molecule is C[C@@H]1CN(c2ncccc2Cl)CCN1C(=O)NCCc1ccc(C(C)(C)C)cc1. The molecule has 1 atom stereocenters. The summed E-state index contributed by atoms with van der Waals surface area (Å²) in [4.78, 5) is 21.1. The van der Waals surface area contributed by atoms with E-state index in [-0.39, 0.29) is 17.5 Å². The van der Waals surface area contributed by atoms with Gasteiger partial charge in [-0.2, -0.15) is 0 Å². The van der Waals surface area contributed by atoms with E-state index in [1.807, 2.05) is 17.0 Å². The van der Waals surface area contributed by atoms with Gasteiger partial charge in [-0.1, -0.05) is 56.6 Å². The predicted octanol–water partition coefficient (Wildman–Crippen LogP) is 4.50. The molecule has 0 bridgehead atoms. The number of carbonyl (C=O) groups excluding carboxylic acids is 1. The molecule has 2 heterocycles. The summed E-state index contributed by atoms with van der Waals surface area (Å²) in [5.41, 5.74) is 2.72. The Hall–Kier alpha value is -2.27. The Kier molecular flexibility index (Phi) is 6.68. The number of hydrogen-bond acceptors (Lipinski definition) is 3. The summed E-state index contributed by atoms with van der Waals surface area (Å²) in [6.07, 6.45) is 2.58. The number of nitrogens with zero attached hydrogens (tertiary/aromatic N) is 3. The minimum Gasteiger partial charge on any atom is -0.352 e. The third-order valence-electron chi connectivity index (χ3n) is 5.44. The van der Waals surface area contributed by atoms with E-state index in [9.17, 15) is 4.79 Å². The van der Waals surface area contributed by atoms with Crippen LogP contribution in [0.2, 0.25) is 5.02 Å². The van der Waals surface area contributed by atoms with Crippen LogP contribution in [0.5, 0.6) is 0 Å². The second kappa shape index (κ2) is 9.04. The number of aromatic nitrogens is 1.